The van der Waals surface area contributed by atoms with Crippen molar-refractivity contribution in [1.29, 1.82) is 0 Å². The highest BCUT2D eigenvalue weighted by Gasteiger charge is 2.23. The van der Waals surface area contributed by atoms with Gasteiger partial charge in [0.1, 0.15) is 10.6 Å². The molecule has 1 fully saturated rings. The third-order valence-electron chi connectivity index (χ3n) is 3.47. The zero-order valence-corrected chi connectivity index (χ0v) is 14.4. The van der Waals surface area contributed by atoms with E-state index in [0.717, 1.165) is 42.4 Å². The lowest BCUT2D eigenvalue weighted by molar-refractivity contribution is 0.0477. The molecule has 0 aliphatic carbocycles. The maximum absolute atomic E-state index is 11.8. The van der Waals surface area contributed by atoms with Crippen LogP contribution in [0.2, 0.25) is 0 Å². The molecular weight excluding hydrogens is 300 g/mol. The van der Waals surface area contributed by atoms with Crippen LogP contribution in [0.15, 0.2) is 6.20 Å². The number of hydrogen-bond donors (Lipinski definition) is 2. The number of rotatable bonds is 4. The monoisotopic (exact) mass is 326 g/mol. The molecule has 0 saturated carbocycles. The minimum absolute atomic E-state index is 0.196. The summed E-state index contributed by atoms with van der Waals surface area (Å²) in [4.78, 5) is 19.7. The van der Waals surface area contributed by atoms with E-state index >= 15 is 0 Å². The third-order valence-corrected chi connectivity index (χ3v) is 4.47. The molecule has 1 aliphatic heterocycles. The molecule has 1 aliphatic rings. The molecule has 1 aromatic heterocycles. The van der Waals surface area contributed by atoms with E-state index in [1.165, 1.54) is 0 Å². The van der Waals surface area contributed by atoms with Crippen LogP contribution < -0.4 is 11.1 Å². The molecule has 0 unspecified atom stereocenters. The zero-order chi connectivity index (χ0) is 16.2. The van der Waals surface area contributed by atoms with Crippen molar-refractivity contribution in [3.05, 3.63) is 16.1 Å². The van der Waals surface area contributed by atoms with E-state index in [9.17, 15) is 4.79 Å². The number of nitrogens with two attached hydrogens (primary N) is 1. The Kier molecular flexibility index (Phi) is 5.77. The van der Waals surface area contributed by atoms with Gasteiger partial charge in [-0.05, 0) is 33.6 Å². The molecule has 6 nitrogen and oxygen atoms in total. The number of hydrogen-bond acceptors (Lipinski definition) is 6. The van der Waals surface area contributed by atoms with E-state index in [4.69, 9.17) is 10.5 Å². The first kappa shape index (κ1) is 17.2. The summed E-state index contributed by atoms with van der Waals surface area (Å²) in [7, 11) is 0. The minimum Gasteiger partial charge on any atom is -0.444 e. The number of nitrogens with one attached hydrogen (secondary N) is 1. The second kappa shape index (κ2) is 7.39. The third kappa shape index (κ3) is 5.55. The summed E-state index contributed by atoms with van der Waals surface area (Å²) in [5.74, 6) is 0. The Morgan fingerprint density at radius 1 is 1.50 bits per heavy atom. The molecule has 1 amide bonds. The topological polar surface area (TPSA) is 80.5 Å². The first-order valence-corrected chi connectivity index (χ1v) is 8.53. The molecule has 0 atom stereocenters. The quantitative estimate of drug-likeness (QED) is 0.885. The first-order chi connectivity index (χ1) is 10.4. The average molecular weight is 326 g/mol. The van der Waals surface area contributed by atoms with E-state index < -0.39 is 5.60 Å². The fourth-order valence-electron chi connectivity index (χ4n) is 2.42. The molecule has 1 aromatic rings. The van der Waals surface area contributed by atoms with Gasteiger partial charge >= 0.3 is 6.09 Å². The maximum Gasteiger partial charge on any atom is 0.407 e. The van der Waals surface area contributed by atoms with E-state index in [1.807, 2.05) is 27.0 Å². The summed E-state index contributed by atoms with van der Waals surface area (Å²) in [6.45, 7) is 8.95. The number of alkyl carbamates (subject to hydrolysis) is 1. The van der Waals surface area contributed by atoms with E-state index in [0.29, 0.717) is 6.54 Å². The number of nitrogens with zero attached hydrogens (tertiary/aromatic N) is 2. The lowest BCUT2D eigenvalue weighted by Crippen LogP contribution is -2.45. The lowest BCUT2D eigenvalue weighted by Gasteiger charge is -2.32. The van der Waals surface area contributed by atoms with Gasteiger partial charge < -0.3 is 15.8 Å². The fourth-order valence-corrected chi connectivity index (χ4v) is 3.26. The van der Waals surface area contributed by atoms with Crippen molar-refractivity contribution in [3.8, 4) is 0 Å². The smallest absolute Gasteiger partial charge is 0.407 e. The highest BCUT2D eigenvalue weighted by Crippen LogP contribution is 2.18. The van der Waals surface area contributed by atoms with E-state index in [-0.39, 0.29) is 12.1 Å². The van der Waals surface area contributed by atoms with Crippen LogP contribution in [0.3, 0.4) is 0 Å². The number of carbonyl (C=O) groups is 1. The highest BCUT2D eigenvalue weighted by molar-refractivity contribution is 7.11. The first-order valence-electron chi connectivity index (χ1n) is 7.71. The lowest BCUT2D eigenvalue weighted by atomic mass is 10.1. The van der Waals surface area contributed by atoms with Crippen molar-refractivity contribution in [2.24, 2.45) is 5.73 Å². The second-order valence-corrected chi connectivity index (χ2v) is 7.82. The van der Waals surface area contributed by atoms with Crippen molar-refractivity contribution in [3.63, 3.8) is 0 Å². The van der Waals surface area contributed by atoms with Crippen LogP contribution >= 0.6 is 11.3 Å². The Balaban J connectivity index is 1.72. The molecule has 2 rings (SSSR count). The Morgan fingerprint density at radius 3 is 2.73 bits per heavy atom. The molecule has 0 spiro atoms. The van der Waals surface area contributed by atoms with Gasteiger partial charge in [-0.25, -0.2) is 9.78 Å². The highest BCUT2D eigenvalue weighted by atomic mass is 32.1. The van der Waals surface area contributed by atoms with Crippen molar-refractivity contribution in [2.75, 3.05) is 13.1 Å². The summed E-state index contributed by atoms with van der Waals surface area (Å²) >= 11 is 1.68. The van der Waals surface area contributed by atoms with Crippen LogP contribution in [-0.2, 0) is 17.8 Å². The molecule has 22 heavy (non-hydrogen) atoms. The predicted octanol–water partition coefficient (Wildman–Crippen LogP) is 2.09. The van der Waals surface area contributed by atoms with Gasteiger partial charge in [0, 0.05) is 36.8 Å². The van der Waals surface area contributed by atoms with E-state index in [1.54, 1.807) is 11.3 Å². The molecule has 7 heteroatoms. The Labute approximate surface area is 136 Å². The predicted molar refractivity (Wildman–Crippen MR) is 87.7 cm³/mol. The molecule has 0 radical (unpaired) electrons. The molecule has 3 N–H and O–H groups in total. The van der Waals surface area contributed by atoms with Gasteiger partial charge in [0.25, 0.3) is 0 Å². The minimum atomic E-state index is -0.448. The van der Waals surface area contributed by atoms with Crippen LogP contribution in [-0.4, -0.2) is 40.7 Å². The second-order valence-electron chi connectivity index (χ2n) is 6.62. The molecule has 2 heterocycles. The van der Waals surface area contributed by atoms with Gasteiger partial charge in [0.2, 0.25) is 0 Å². The number of carbonyl (C=O) groups excluding carboxylic acids is 1. The van der Waals surface area contributed by atoms with E-state index in [2.05, 4.69) is 15.2 Å². The van der Waals surface area contributed by atoms with Gasteiger partial charge in [-0.1, -0.05) is 0 Å². The van der Waals surface area contributed by atoms with Gasteiger partial charge in [-0.15, -0.1) is 11.3 Å². The summed E-state index contributed by atoms with van der Waals surface area (Å²) < 4.78 is 5.29. The number of piperidine rings is 1. The normalized spacial score (nSPS) is 17.5. The summed E-state index contributed by atoms with van der Waals surface area (Å²) in [6.07, 6.45) is 3.41. The SMILES string of the molecule is CC(C)(C)OC(=O)NC1CCN(Cc2ncc(CN)s2)CC1. The number of thiazole rings is 1. The largest absolute Gasteiger partial charge is 0.444 e. The summed E-state index contributed by atoms with van der Waals surface area (Å²) in [5, 5.41) is 4.07. The van der Waals surface area contributed by atoms with Crippen molar-refractivity contribution in [1.82, 2.24) is 15.2 Å². The van der Waals surface area contributed by atoms with Gasteiger partial charge in [-0.3, -0.25) is 4.90 Å². The van der Waals surface area contributed by atoms with Crippen LogP contribution in [0.5, 0.6) is 0 Å². The molecule has 124 valence electrons. The van der Waals surface area contributed by atoms with Gasteiger partial charge in [-0.2, -0.15) is 0 Å². The van der Waals surface area contributed by atoms with Crippen LogP contribution in [0.25, 0.3) is 0 Å². The van der Waals surface area contributed by atoms with Crippen molar-refractivity contribution >= 4 is 17.4 Å². The fraction of sp³-hybridized carbons (Fsp3) is 0.733. The average Bonchev–Trinajstić information content (AvgIpc) is 2.86. The zero-order valence-electron chi connectivity index (χ0n) is 13.6. The summed E-state index contributed by atoms with van der Waals surface area (Å²) in [6, 6.07) is 0.196. The maximum atomic E-state index is 11.8. The molecule has 0 bridgehead atoms. The van der Waals surface area contributed by atoms with Crippen molar-refractivity contribution < 1.29 is 9.53 Å². The van der Waals surface area contributed by atoms with Gasteiger partial charge in [0.15, 0.2) is 0 Å². The number of aromatic nitrogens is 1. The Hall–Kier alpha value is -1.18. The van der Waals surface area contributed by atoms with Crippen LogP contribution in [0.1, 0.15) is 43.5 Å². The molecular formula is C15H26N4O2S. The number of ether oxygens (including phenoxy) is 1. The molecule has 1 saturated heterocycles. The number of likely N-dealkylation sites (tertiary alicyclic amines) is 1. The summed E-state index contributed by atoms with van der Waals surface area (Å²) in [5.41, 5.74) is 5.16. The van der Waals surface area contributed by atoms with Crippen LogP contribution in [0.4, 0.5) is 4.79 Å². The van der Waals surface area contributed by atoms with Crippen LogP contribution in [0, 0.1) is 0 Å². The van der Waals surface area contributed by atoms with Crippen molar-refractivity contribution in [2.45, 2.75) is 58.3 Å². The van der Waals surface area contributed by atoms with Gasteiger partial charge in [0.05, 0.1) is 6.54 Å². The Morgan fingerprint density at radius 2 is 2.18 bits per heavy atom. The number of amides is 1. The standard InChI is InChI=1S/C15H26N4O2S/c1-15(2,3)21-14(20)18-11-4-6-19(7-5-11)10-13-17-9-12(8-16)22-13/h9,11H,4-8,10,16H2,1-3H3,(H,18,20). The molecule has 0 aromatic carbocycles. The Bertz CT molecular complexity index is 490.